The van der Waals surface area contributed by atoms with Gasteiger partial charge in [-0.3, -0.25) is 4.79 Å². The number of amides is 1. The van der Waals surface area contributed by atoms with Crippen LogP contribution < -0.4 is 11.1 Å². The number of nitrogens with one attached hydrogen (secondary N) is 1. The van der Waals surface area contributed by atoms with Gasteiger partial charge in [-0.15, -0.1) is 0 Å². The summed E-state index contributed by atoms with van der Waals surface area (Å²) in [5.74, 6) is 0.256. The van der Waals surface area contributed by atoms with Crippen molar-refractivity contribution in [3.63, 3.8) is 0 Å². The molecule has 3 N–H and O–H groups in total. The molecule has 0 saturated carbocycles. The first-order valence-corrected chi connectivity index (χ1v) is 5.80. The lowest BCUT2D eigenvalue weighted by atomic mass is 10.2. The highest BCUT2D eigenvalue weighted by molar-refractivity contribution is 6.30. The summed E-state index contributed by atoms with van der Waals surface area (Å²) in [5.41, 5.74) is 6.74. The minimum atomic E-state index is -0.228. The standard InChI is InChI=1S/C13H12ClN3O/c14-10-6-4-9(5-7-10)13(18)17-12-3-1-2-11(8-15)16-12/h1-7H,8,15H2,(H,16,17,18). The third kappa shape index (κ3) is 3.06. The van der Waals surface area contributed by atoms with Crippen LogP contribution in [0.4, 0.5) is 5.82 Å². The molecule has 0 atom stereocenters. The fourth-order valence-electron chi connectivity index (χ4n) is 1.45. The summed E-state index contributed by atoms with van der Waals surface area (Å²) in [7, 11) is 0. The predicted octanol–water partition coefficient (Wildman–Crippen LogP) is 2.45. The molecular formula is C13H12ClN3O. The van der Waals surface area contributed by atoms with Crippen LogP contribution in [-0.4, -0.2) is 10.9 Å². The van der Waals surface area contributed by atoms with E-state index >= 15 is 0 Å². The first-order valence-electron chi connectivity index (χ1n) is 5.42. The van der Waals surface area contributed by atoms with Gasteiger partial charge in [-0.1, -0.05) is 17.7 Å². The van der Waals surface area contributed by atoms with Crippen LogP contribution >= 0.6 is 11.6 Å². The van der Waals surface area contributed by atoms with Gasteiger partial charge in [0, 0.05) is 17.1 Å². The molecule has 4 nitrogen and oxygen atoms in total. The number of nitrogens with two attached hydrogens (primary N) is 1. The molecule has 0 aliphatic carbocycles. The highest BCUT2D eigenvalue weighted by Crippen LogP contribution is 2.11. The molecule has 2 rings (SSSR count). The first-order chi connectivity index (χ1) is 8.69. The van der Waals surface area contributed by atoms with Crippen LogP contribution in [0.2, 0.25) is 5.02 Å². The predicted molar refractivity (Wildman–Crippen MR) is 71.5 cm³/mol. The summed E-state index contributed by atoms with van der Waals surface area (Å²) in [6.45, 7) is 0.338. The van der Waals surface area contributed by atoms with Crippen molar-refractivity contribution in [3.05, 3.63) is 58.7 Å². The molecule has 92 valence electrons. The minimum absolute atomic E-state index is 0.228. The van der Waals surface area contributed by atoms with E-state index in [4.69, 9.17) is 17.3 Å². The third-order valence-electron chi connectivity index (χ3n) is 2.36. The molecule has 5 heteroatoms. The van der Waals surface area contributed by atoms with Crippen molar-refractivity contribution in [3.8, 4) is 0 Å². The molecule has 0 fully saturated rings. The van der Waals surface area contributed by atoms with Crippen LogP contribution in [-0.2, 0) is 6.54 Å². The number of nitrogens with zero attached hydrogens (tertiary/aromatic N) is 1. The van der Waals surface area contributed by atoms with Gasteiger partial charge in [0.15, 0.2) is 0 Å². The Hall–Kier alpha value is -1.91. The SMILES string of the molecule is NCc1cccc(NC(=O)c2ccc(Cl)cc2)n1. The van der Waals surface area contributed by atoms with E-state index in [1.807, 2.05) is 0 Å². The zero-order valence-corrected chi connectivity index (χ0v) is 10.3. The summed E-state index contributed by atoms with van der Waals surface area (Å²) >= 11 is 5.76. The van der Waals surface area contributed by atoms with E-state index in [2.05, 4.69) is 10.3 Å². The van der Waals surface area contributed by atoms with E-state index in [1.165, 1.54) is 0 Å². The van der Waals surface area contributed by atoms with E-state index in [-0.39, 0.29) is 5.91 Å². The van der Waals surface area contributed by atoms with Crippen LogP contribution in [0, 0.1) is 0 Å². The van der Waals surface area contributed by atoms with Crippen molar-refractivity contribution in [1.82, 2.24) is 4.98 Å². The molecule has 0 radical (unpaired) electrons. The van der Waals surface area contributed by atoms with Gasteiger partial charge in [-0.2, -0.15) is 0 Å². The van der Waals surface area contributed by atoms with Crippen LogP contribution in [0.15, 0.2) is 42.5 Å². The molecule has 0 unspecified atom stereocenters. The number of rotatable bonds is 3. The Labute approximate surface area is 110 Å². The maximum absolute atomic E-state index is 11.9. The zero-order valence-electron chi connectivity index (χ0n) is 9.56. The normalized spacial score (nSPS) is 10.1. The fourth-order valence-corrected chi connectivity index (χ4v) is 1.58. The molecule has 1 aromatic carbocycles. The van der Waals surface area contributed by atoms with Crippen LogP contribution in [0.5, 0.6) is 0 Å². The molecule has 18 heavy (non-hydrogen) atoms. The number of hydrogen-bond acceptors (Lipinski definition) is 3. The van der Waals surface area contributed by atoms with Gasteiger partial charge < -0.3 is 11.1 Å². The topological polar surface area (TPSA) is 68.0 Å². The van der Waals surface area contributed by atoms with E-state index in [9.17, 15) is 4.79 Å². The summed E-state index contributed by atoms with van der Waals surface area (Å²) in [6.07, 6.45) is 0. The van der Waals surface area contributed by atoms with Crippen molar-refractivity contribution in [2.75, 3.05) is 5.32 Å². The smallest absolute Gasteiger partial charge is 0.256 e. The second-order valence-electron chi connectivity index (χ2n) is 3.68. The number of aromatic nitrogens is 1. The maximum Gasteiger partial charge on any atom is 0.256 e. The van der Waals surface area contributed by atoms with Crippen LogP contribution in [0.1, 0.15) is 16.1 Å². The average molecular weight is 262 g/mol. The summed E-state index contributed by atoms with van der Waals surface area (Å²) in [6, 6.07) is 12.0. The number of benzene rings is 1. The second kappa shape index (κ2) is 5.62. The molecule has 1 aromatic heterocycles. The Morgan fingerprint density at radius 1 is 1.22 bits per heavy atom. The molecule has 0 saturated heterocycles. The Morgan fingerprint density at radius 3 is 2.61 bits per heavy atom. The van der Waals surface area contributed by atoms with Crippen molar-refractivity contribution in [2.24, 2.45) is 5.73 Å². The molecule has 1 amide bonds. The summed E-state index contributed by atoms with van der Waals surface area (Å²) in [5, 5.41) is 3.30. The lowest BCUT2D eigenvalue weighted by Gasteiger charge is -2.05. The van der Waals surface area contributed by atoms with Gasteiger partial charge in [-0.05, 0) is 36.4 Å². The van der Waals surface area contributed by atoms with Gasteiger partial charge in [0.1, 0.15) is 5.82 Å². The highest BCUT2D eigenvalue weighted by atomic mass is 35.5. The highest BCUT2D eigenvalue weighted by Gasteiger charge is 2.06. The van der Waals surface area contributed by atoms with Crippen molar-refractivity contribution >= 4 is 23.3 Å². The van der Waals surface area contributed by atoms with E-state index in [0.717, 1.165) is 5.69 Å². The Bertz CT molecular complexity index is 554. The van der Waals surface area contributed by atoms with Crippen LogP contribution in [0.25, 0.3) is 0 Å². The summed E-state index contributed by atoms with van der Waals surface area (Å²) in [4.78, 5) is 16.1. The molecule has 0 aliphatic heterocycles. The Kier molecular flexibility index (Phi) is 3.92. The number of anilines is 1. The molecule has 1 heterocycles. The number of carbonyl (C=O) groups excluding carboxylic acids is 1. The zero-order chi connectivity index (χ0) is 13.0. The van der Waals surface area contributed by atoms with E-state index in [1.54, 1.807) is 42.5 Å². The molecule has 2 aromatic rings. The molecular weight excluding hydrogens is 250 g/mol. The average Bonchev–Trinajstić information content (AvgIpc) is 2.39. The largest absolute Gasteiger partial charge is 0.325 e. The van der Waals surface area contributed by atoms with E-state index < -0.39 is 0 Å². The Balaban J connectivity index is 2.13. The lowest BCUT2D eigenvalue weighted by molar-refractivity contribution is 0.102. The fraction of sp³-hybridized carbons (Fsp3) is 0.0769. The lowest BCUT2D eigenvalue weighted by Crippen LogP contribution is -2.13. The van der Waals surface area contributed by atoms with Gasteiger partial charge >= 0.3 is 0 Å². The monoisotopic (exact) mass is 261 g/mol. The quantitative estimate of drug-likeness (QED) is 0.892. The van der Waals surface area contributed by atoms with Crippen LogP contribution in [0.3, 0.4) is 0 Å². The molecule has 0 aliphatic rings. The number of halogens is 1. The van der Waals surface area contributed by atoms with Crippen molar-refractivity contribution < 1.29 is 4.79 Å². The third-order valence-corrected chi connectivity index (χ3v) is 2.62. The van der Waals surface area contributed by atoms with Gasteiger partial charge in [0.2, 0.25) is 0 Å². The van der Waals surface area contributed by atoms with Gasteiger partial charge in [-0.25, -0.2) is 4.98 Å². The Morgan fingerprint density at radius 2 is 1.94 bits per heavy atom. The second-order valence-corrected chi connectivity index (χ2v) is 4.12. The first kappa shape index (κ1) is 12.5. The number of hydrogen-bond donors (Lipinski definition) is 2. The minimum Gasteiger partial charge on any atom is -0.325 e. The molecule has 0 bridgehead atoms. The van der Waals surface area contributed by atoms with Crippen molar-refractivity contribution in [2.45, 2.75) is 6.54 Å². The molecule has 0 spiro atoms. The maximum atomic E-state index is 11.9. The summed E-state index contributed by atoms with van der Waals surface area (Å²) < 4.78 is 0. The number of pyridine rings is 1. The van der Waals surface area contributed by atoms with Gasteiger partial charge in [0.25, 0.3) is 5.91 Å². The van der Waals surface area contributed by atoms with Gasteiger partial charge in [0.05, 0.1) is 5.69 Å². The van der Waals surface area contributed by atoms with Crippen molar-refractivity contribution in [1.29, 1.82) is 0 Å². The van der Waals surface area contributed by atoms with E-state index in [0.29, 0.717) is 22.9 Å². The number of carbonyl (C=O) groups is 1.